The van der Waals surface area contributed by atoms with E-state index in [1.165, 1.54) is 0 Å². The number of hydrogen-bond donors (Lipinski definition) is 1. The van der Waals surface area contributed by atoms with Crippen molar-refractivity contribution < 1.29 is 9.59 Å². The molecule has 0 aromatic heterocycles. The smallest absolute Gasteiger partial charge is 0.220 e. The van der Waals surface area contributed by atoms with Gasteiger partial charge in [0.15, 0.2) is 0 Å². The zero-order chi connectivity index (χ0) is 10.2. The van der Waals surface area contributed by atoms with Crippen LogP contribution >= 0.6 is 0 Å². The number of nitrogens with one attached hydrogen (secondary N) is 1. The lowest BCUT2D eigenvalue weighted by Crippen LogP contribution is -2.25. The van der Waals surface area contributed by atoms with Crippen LogP contribution in [-0.4, -0.2) is 18.7 Å². The van der Waals surface area contributed by atoms with E-state index < -0.39 is 0 Å². The monoisotopic (exact) mass is 191 g/mol. The Bertz CT molecular complexity index is 295. The third-order valence-electron chi connectivity index (χ3n) is 1.87. The Morgan fingerprint density at radius 1 is 1.29 bits per heavy atom. The molecular formula is C11H13NO2. The van der Waals surface area contributed by atoms with Crippen LogP contribution in [0.5, 0.6) is 0 Å². The van der Waals surface area contributed by atoms with Crippen LogP contribution in [0.25, 0.3) is 0 Å². The number of aldehydes is 1. The fraction of sp³-hybridized carbons (Fsp3) is 0.273. The lowest BCUT2D eigenvalue weighted by molar-refractivity contribution is -0.122. The van der Waals surface area contributed by atoms with Crippen LogP contribution in [0.3, 0.4) is 0 Å². The Morgan fingerprint density at radius 3 is 2.64 bits per heavy atom. The van der Waals surface area contributed by atoms with Gasteiger partial charge in [0.1, 0.15) is 6.29 Å². The number of aryl methyl sites for hydroxylation is 1. The fourth-order valence-corrected chi connectivity index (χ4v) is 1.15. The summed E-state index contributed by atoms with van der Waals surface area (Å²) in [5.41, 5.74) is 1.13. The molecule has 0 spiro atoms. The highest BCUT2D eigenvalue weighted by molar-refractivity contribution is 5.78. The van der Waals surface area contributed by atoms with Gasteiger partial charge in [-0.1, -0.05) is 30.3 Å². The first-order valence-electron chi connectivity index (χ1n) is 4.57. The van der Waals surface area contributed by atoms with Gasteiger partial charge in [-0.05, 0) is 12.0 Å². The van der Waals surface area contributed by atoms with E-state index in [9.17, 15) is 9.59 Å². The largest absolute Gasteiger partial charge is 0.349 e. The van der Waals surface area contributed by atoms with Crippen LogP contribution in [0, 0.1) is 0 Å². The van der Waals surface area contributed by atoms with Crippen molar-refractivity contribution in [1.82, 2.24) is 5.32 Å². The van der Waals surface area contributed by atoms with E-state index in [0.29, 0.717) is 19.1 Å². The van der Waals surface area contributed by atoms with Gasteiger partial charge < -0.3 is 10.1 Å². The van der Waals surface area contributed by atoms with Crippen LogP contribution in [0.15, 0.2) is 30.3 Å². The highest BCUT2D eigenvalue weighted by Gasteiger charge is 2.00. The SMILES string of the molecule is O=CCNC(=O)CCc1ccccc1. The first kappa shape index (κ1) is 10.4. The van der Waals surface area contributed by atoms with Gasteiger partial charge in [-0.2, -0.15) is 0 Å². The van der Waals surface area contributed by atoms with Crippen molar-refractivity contribution in [2.45, 2.75) is 12.8 Å². The molecule has 14 heavy (non-hydrogen) atoms. The predicted molar refractivity (Wildman–Crippen MR) is 53.8 cm³/mol. The minimum atomic E-state index is -0.0825. The molecule has 1 rings (SSSR count). The molecule has 1 N–H and O–H groups in total. The summed E-state index contributed by atoms with van der Waals surface area (Å²) in [4.78, 5) is 21.1. The summed E-state index contributed by atoms with van der Waals surface area (Å²) in [7, 11) is 0. The normalized spacial score (nSPS) is 9.43. The Balaban J connectivity index is 2.27. The van der Waals surface area contributed by atoms with Gasteiger partial charge in [0.2, 0.25) is 5.91 Å². The van der Waals surface area contributed by atoms with Gasteiger partial charge in [-0.15, -0.1) is 0 Å². The summed E-state index contributed by atoms with van der Waals surface area (Å²) in [6.45, 7) is 0.105. The van der Waals surface area contributed by atoms with E-state index in [4.69, 9.17) is 0 Å². The number of carbonyl (C=O) groups is 2. The van der Waals surface area contributed by atoms with Crippen molar-refractivity contribution in [3.05, 3.63) is 35.9 Å². The van der Waals surface area contributed by atoms with E-state index in [0.717, 1.165) is 5.56 Å². The van der Waals surface area contributed by atoms with E-state index in [-0.39, 0.29) is 12.5 Å². The number of benzene rings is 1. The third-order valence-corrected chi connectivity index (χ3v) is 1.87. The zero-order valence-electron chi connectivity index (χ0n) is 7.90. The van der Waals surface area contributed by atoms with Crippen LogP contribution in [0.1, 0.15) is 12.0 Å². The van der Waals surface area contributed by atoms with Gasteiger partial charge in [0, 0.05) is 6.42 Å². The predicted octanol–water partition coefficient (Wildman–Crippen LogP) is 0.934. The van der Waals surface area contributed by atoms with Crippen molar-refractivity contribution in [2.24, 2.45) is 0 Å². The molecule has 0 aliphatic heterocycles. The molecule has 1 aromatic rings. The first-order valence-corrected chi connectivity index (χ1v) is 4.57. The number of rotatable bonds is 5. The maximum absolute atomic E-state index is 11.1. The molecule has 3 heteroatoms. The summed E-state index contributed by atoms with van der Waals surface area (Å²) < 4.78 is 0. The molecule has 0 atom stereocenters. The molecule has 0 radical (unpaired) electrons. The second kappa shape index (κ2) is 5.91. The van der Waals surface area contributed by atoms with Gasteiger partial charge in [0.05, 0.1) is 6.54 Å². The molecule has 0 unspecified atom stereocenters. The van der Waals surface area contributed by atoms with E-state index >= 15 is 0 Å². The van der Waals surface area contributed by atoms with Gasteiger partial charge in [0.25, 0.3) is 0 Å². The number of hydrogen-bond acceptors (Lipinski definition) is 2. The lowest BCUT2D eigenvalue weighted by atomic mass is 10.1. The molecule has 0 saturated carbocycles. The molecule has 0 fully saturated rings. The second-order valence-corrected chi connectivity index (χ2v) is 2.96. The average Bonchev–Trinajstić information content (AvgIpc) is 2.25. The Kier molecular flexibility index (Phi) is 4.41. The van der Waals surface area contributed by atoms with Crippen LogP contribution in [0.4, 0.5) is 0 Å². The lowest BCUT2D eigenvalue weighted by Gasteiger charge is -2.01. The summed E-state index contributed by atoms with van der Waals surface area (Å²) in [5.74, 6) is -0.0825. The van der Waals surface area contributed by atoms with Crippen LogP contribution in [-0.2, 0) is 16.0 Å². The summed E-state index contributed by atoms with van der Waals surface area (Å²) >= 11 is 0. The minimum Gasteiger partial charge on any atom is -0.349 e. The van der Waals surface area contributed by atoms with Gasteiger partial charge in [-0.3, -0.25) is 4.79 Å². The number of carbonyl (C=O) groups excluding carboxylic acids is 2. The molecular weight excluding hydrogens is 178 g/mol. The quantitative estimate of drug-likeness (QED) is 0.704. The number of amides is 1. The molecule has 74 valence electrons. The van der Waals surface area contributed by atoms with E-state index in [1.54, 1.807) is 0 Å². The maximum Gasteiger partial charge on any atom is 0.220 e. The van der Waals surface area contributed by atoms with E-state index in [2.05, 4.69) is 5.32 Å². The molecule has 1 aromatic carbocycles. The Morgan fingerprint density at radius 2 is 2.00 bits per heavy atom. The highest BCUT2D eigenvalue weighted by atomic mass is 16.2. The minimum absolute atomic E-state index is 0.0825. The summed E-state index contributed by atoms with van der Waals surface area (Å²) in [6, 6.07) is 9.79. The Labute approximate surface area is 83.1 Å². The third kappa shape index (κ3) is 3.85. The zero-order valence-corrected chi connectivity index (χ0v) is 7.90. The van der Waals surface area contributed by atoms with Gasteiger partial charge in [-0.25, -0.2) is 0 Å². The van der Waals surface area contributed by atoms with Crippen molar-refractivity contribution in [3.8, 4) is 0 Å². The second-order valence-electron chi connectivity index (χ2n) is 2.96. The van der Waals surface area contributed by atoms with Crippen LogP contribution in [0.2, 0.25) is 0 Å². The van der Waals surface area contributed by atoms with Crippen molar-refractivity contribution in [3.63, 3.8) is 0 Å². The standard InChI is InChI=1S/C11H13NO2/c13-9-8-12-11(14)7-6-10-4-2-1-3-5-10/h1-5,9H,6-8H2,(H,12,14). The topological polar surface area (TPSA) is 46.2 Å². The van der Waals surface area contributed by atoms with Crippen LogP contribution < -0.4 is 5.32 Å². The van der Waals surface area contributed by atoms with Crippen molar-refractivity contribution in [2.75, 3.05) is 6.54 Å². The van der Waals surface area contributed by atoms with Gasteiger partial charge >= 0.3 is 0 Å². The molecule has 0 saturated heterocycles. The highest BCUT2D eigenvalue weighted by Crippen LogP contribution is 2.01. The molecule has 3 nitrogen and oxygen atoms in total. The molecule has 0 heterocycles. The first-order chi connectivity index (χ1) is 6.83. The molecule has 1 amide bonds. The average molecular weight is 191 g/mol. The molecule has 0 aliphatic carbocycles. The molecule has 0 bridgehead atoms. The fourth-order valence-electron chi connectivity index (χ4n) is 1.15. The maximum atomic E-state index is 11.1. The molecule has 0 aliphatic rings. The van der Waals surface area contributed by atoms with Crippen molar-refractivity contribution >= 4 is 12.2 Å². The van der Waals surface area contributed by atoms with Crippen molar-refractivity contribution in [1.29, 1.82) is 0 Å². The summed E-state index contributed by atoms with van der Waals surface area (Å²) in [6.07, 6.45) is 1.82. The Hall–Kier alpha value is -1.64. The summed E-state index contributed by atoms with van der Waals surface area (Å²) in [5, 5.41) is 2.50. The van der Waals surface area contributed by atoms with E-state index in [1.807, 2.05) is 30.3 Å².